The molecule has 0 aliphatic heterocycles. The van der Waals surface area contributed by atoms with Crippen LogP contribution in [0.4, 0.5) is 0 Å². The average Bonchev–Trinajstić information content (AvgIpc) is 3.05. The number of rotatable bonds is 5. The summed E-state index contributed by atoms with van der Waals surface area (Å²) in [4.78, 5) is 8.16. The molecule has 2 heterocycles. The van der Waals surface area contributed by atoms with Crippen LogP contribution in [0.3, 0.4) is 0 Å². The minimum Gasteiger partial charge on any atom is -0.353 e. The molecule has 6 heteroatoms. The number of nitrogens with one attached hydrogen (secondary N) is 1. The molecule has 3 N–H and O–H groups in total. The summed E-state index contributed by atoms with van der Waals surface area (Å²) in [6, 6.07) is 12.1. The van der Waals surface area contributed by atoms with Gasteiger partial charge in [0.15, 0.2) is 0 Å². The quantitative estimate of drug-likeness (QED) is 0.323. The first-order chi connectivity index (χ1) is 13.1. The van der Waals surface area contributed by atoms with Gasteiger partial charge in [0.1, 0.15) is 0 Å². The van der Waals surface area contributed by atoms with Gasteiger partial charge in [-0.05, 0) is 55.6 Å². The van der Waals surface area contributed by atoms with Crippen LogP contribution in [0.1, 0.15) is 18.4 Å². The monoisotopic (exact) mass is 461 g/mol. The number of aromatic amines is 1. The number of pyridine rings is 1. The Morgan fingerprint density at radius 3 is 2.70 bits per heavy atom. The molecule has 2 aromatic carbocycles. The number of nitrogens with zero attached hydrogens (tertiary/aromatic N) is 1. The lowest BCUT2D eigenvalue weighted by atomic mass is 9.98. The number of hydrogen-bond donors (Lipinski definition) is 2. The van der Waals surface area contributed by atoms with Gasteiger partial charge >= 0.3 is 0 Å². The summed E-state index contributed by atoms with van der Waals surface area (Å²) in [5, 5.41) is 3.27. The molecule has 4 aromatic rings. The fraction of sp³-hybridized carbons (Fsp3) is 0.190. The molecule has 2 aromatic heterocycles. The Morgan fingerprint density at radius 2 is 1.89 bits per heavy atom. The maximum absolute atomic E-state index is 6.50. The molecule has 0 saturated heterocycles. The van der Waals surface area contributed by atoms with Crippen LogP contribution in [0.5, 0.6) is 0 Å². The van der Waals surface area contributed by atoms with E-state index in [0.717, 1.165) is 56.8 Å². The van der Waals surface area contributed by atoms with Gasteiger partial charge in [-0.25, -0.2) is 0 Å². The highest BCUT2D eigenvalue weighted by atomic mass is 79.9. The molecular formula is C21H18BrCl2N3. The first-order valence-corrected chi connectivity index (χ1v) is 10.4. The third-order valence-corrected chi connectivity index (χ3v) is 6.33. The van der Waals surface area contributed by atoms with Crippen molar-refractivity contribution in [3.05, 3.63) is 62.7 Å². The van der Waals surface area contributed by atoms with Crippen molar-refractivity contribution in [2.24, 2.45) is 5.73 Å². The summed E-state index contributed by atoms with van der Waals surface area (Å²) < 4.78 is 1.02. The van der Waals surface area contributed by atoms with Crippen molar-refractivity contribution in [1.29, 1.82) is 0 Å². The van der Waals surface area contributed by atoms with Crippen LogP contribution in [0.2, 0.25) is 10.0 Å². The molecule has 0 spiro atoms. The second-order valence-corrected chi connectivity index (χ2v) is 8.14. The van der Waals surface area contributed by atoms with Gasteiger partial charge in [-0.3, -0.25) is 4.98 Å². The van der Waals surface area contributed by atoms with Crippen LogP contribution in [0, 0.1) is 0 Å². The van der Waals surface area contributed by atoms with Gasteiger partial charge in [0.2, 0.25) is 0 Å². The van der Waals surface area contributed by atoms with Gasteiger partial charge < -0.3 is 10.7 Å². The smallest absolute Gasteiger partial charge is 0.0833 e. The van der Waals surface area contributed by atoms with E-state index in [1.807, 2.05) is 24.4 Å². The summed E-state index contributed by atoms with van der Waals surface area (Å²) in [5.74, 6) is 0. The van der Waals surface area contributed by atoms with E-state index >= 15 is 0 Å². The summed E-state index contributed by atoms with van der Waals surface area (Å²) in [6.45, 7) is 0.688. The largest absolute Gasteiger partial charge is 0.353 e. The SMILES string of the molecule is NCCCCc1c(-c2ccc(Br)c3cccnc23)[nH]c2c(Cl)c(Cl)ccc12. The van der Waals surface area contributed by atoms with E-state index in [2.05, 4.69) is 44.1 Å². The average molecular weight is 463 g/mol. The molecule has 138 valence electrons. The molecule has 0 saturated carbocycles. The zero-order valence-corrected chi connectivity index (χ0v) is 17.6. The number of fused-ring (bicyclic) bond motifs is 2. The number of nitrogens with two attached hydrogens (primary N) is 1. The van der Waals surface area contributed by atoms with Gasteiger partial charge in [-0.2, -0.15) is 0 Å². The Balaban J connectivity index is 2.00. The lowest BCUT2D eigenvalue weighted by Crippen LogP contribution is -1.99. The van der Waals surface area contributed by atoms with E-state index in [9.17, 15) is 0 Å². The van der Waals surface area contributed by atoms with Crippen LogP contribution < -0.4 is 5.73 Å². The number of unbranched alkanes of at least 4 members (excludes halogenated alkanes) is 1. The van der Waals surface area contributed by atoms with Crippen molar-refractivity contribution < 1.29 is 0 Å². The van der Waals surface area contributed by atoms with Gasteiger partial charge in [0.25, 0.3) is 0 Å². The molecule has 0 bridgehead atoms. The molecule has 0 amide bonds. The van der Waals surface area contributed by atoms with E-state index in [1.165, 1.54) is 5.56 Å². The lowest BCUT2D eigenvalue weighted by molar-refractivity contribution is 0.748. The minimum absolute atomic E-state index is 0.546. The summed E-state index contributed by atoms with van der Waals surface area (Å²) in [6.07, 6.45) is 4.72. The Labute approximate surface area is 176 Å². The first-order valence-electron chi connectivity index (χ1n) is 8.84. The van der Waals surface area contributed by atoms with Crippen LogP contribution in [-0.2, 0) is 6.42 Å². The predicted molar refractivity (Wildman–Crippen MR) is 119 cm³/mol. The van der Waals surface area contributed by atoms with Crippen LogP contribution in [-0.4, -0.2) is 16.5 Å². The predicted octanol–water partition coefficient (Wildman–Crippen LogP) is 6.73. The topological polar surface area (TPSA) is 54.7 Å². The molecule has 0 radical (unpaired) electrons. The van der Waals surface area contributed by atoms with Crippen LogP contribution >= 0.6 is 39.1 Å². The first kappa shape index (κ1) is 18.8. The van der Waals surface area contributed by atoms with E-state index in [0.29, 0.717) is 16.6 Å². The Morgan fingerprint density at radius 1 is 1.04 bits per heavy atom. The molecule has 0 atom stereocenters. The number of hydrogen-bond acceptors (Lipinski definition) is 2. The Hall–Kier alpha value is -1.59. The zero-order chi connectivity index (χ0) is 19.0. The molecule has 4 rings (SSSR count). The van der Waals surface area contributed by atoms with Crippen LogP contribution in [0.25, 0.3) is 33.1 Å². The normalized spacial score (nSPS) is 11.6. The van der Waals surface area contributed by atoms with Gasteiger partial charge in [-0.1, -0.05) is 51.3 Å². The Bertz CT molecular complexity index is 1140. The molecule has 0 aliphatic carbocycles. The van der Waals surface area contributed by atoms with E-state index in [4.69, 9.17) is 28.9 Å². The number of aromatic nitrogens is 2. The van der Waals surface area contributed by atoms with Crippen molar-refractivity contribution >= 4 is 60.9 Å². The third-order valence-electron chi connectivity index (χ3n) is 4.84. The molecule has 0 aliphatic rings. The third kappa shape index (κ3) is 3.36. The number of H-pyrrole nitrogens is 1. The fourth-order valence-electron chi connectivity index (χ4n) is 3.53. The van der Waals surface area contributed by atoms with Crippen molar-refractivity contribution in [3.63, 3.8) is 0 Å². The fourth-order valence-corrected chi connectivity index (χ4v) is 4.36. The number of benzene rings is 2. The van der Waals surface area contributed by atoms with Gasteiger partial charge in [0.05, 0.1) is 26.8 Å². The zero-order valence-electron chi connectivity index (χ0n) is 14.5. The molecular weight excluding hydrogens is 445 g/mol. The highest BCUT2D eigenvalue weighted by Crippen LogP contribution is 2.40. The van der Waals surface area contributed by atoms with Gasteiger partial charge in [-0.15, -0.1) is 0 Å². The van der Waals surface area contributed by atoms with Crippen LogP contribution in [0.15, 0.2) is 47.1 Å². The van der Waals surface area contributed by atoms with E-state index in [-0.39, 0.29) is 0 Å². The summed E-state index contributed by atoms with van der Waals surface area (Å²) in [7, 11) is 0. The lowest BCUT2D eigenvalue weighted by Gasteiger charge is -2.09. The van der Waals surface area contributed by atoms with Crippen molar-refractivity contribution in [2.75, 3.05) is 6.54 Å². The maximum atomic E-state index is 6.50. The van der Waals surface area contributed by atoms with E-state index in [1.54, 1.807) is 0 Å². The number of halogens is 3. The molecule has 0 unspecified atom stereocenters. The highest BCUT2D eigenvalue weighted by Gasteiger charge is 2.18. The summed E-state index contributed by atoms with van der Waals surface area (Å²) in [5.41, 5.74) is 10.8. The minimum atomic E-state index is 0.546. The van der Waals surface area contributed by atoms with Gasteiger partial charge in [0, 0.05) is 27.0 Å². The maximum Gasteiger partial charge on any atom is 0.0833 e. The highest BCUT2D eigenvalue weighted by molar-refractivity contribution is 9.10. The van der Waals surface area contributed by atoms with Crippen molar-refractivity contribution in [1.82, 2.24) is 9.97 Å². The molecule has 0 fully saturated rings. The Kier molecular flexibility index (Phi) is 5.42. The number of aryl methyl sites for hydroxylation is 1. The second kappa shape index (κ2) is 7.80. The van der Waals surface area contributed by atoms with Crippen molar-refractivity contribution in [3.8, 4) is 11.3 Å². The van der Waals surface area contributed by atoms with Crippen molar-refractivity contribution in [2.45, 2.75) is 19.3 Å². The molecule has 27 heavy (non-hydrogen) atoms. The molecule has 3 nitrogen and oxygen atoms in total. The second-order valence-electron chi connectivity index (χ2n) is 6.50. The van der Waals surface area contributed by atoms with E-state index < -0.39 is 0 Å². The summed E-state index contributed by atoms with van der Waals surface area (Å²) >= 11 is 16.4. The standard InChI is InChI=1S/C21H18BrCl2N3/c22-16-8-6-15(19-14(16)5-3-11-26-19)20-12(4-1-2-10-25)13-7-9-17(23)18(24)21(13)27-20/h3,5-9,11,27H,1-2,4,10,25H2.